The van der Waals surface area contributed by atoms with Crippen LogP contribution in [0.15, 0.2) is 34.9 Å². The van der Waals surface area contributed by atoms with E-state index in [1.807, 2.05) is 36.1 Å². The fourth-order valence-corrected chi connectivity index (χ4v) is 2.72. The van der Waals surface area contributed by atoms with Crippen LogP contribution in [0, 0.1) is 0 Å². The molecule has 0 radical (unpaired) electrons. The molecule has 0 spiro atoms. The number of hydrogen-bond donors (Lipinski definition) is 1. The van der Waals surface area contributed by atoms with Crippen molar-refractivity contribution in [3.63, 3.8) is 0 Å². The van der Waals surface area contributed by atoms with Crippen molar-refractivity contribution >= 4 is 15.9 Å². The molecule has 0 aliphatic heterocycles. The molecular formula is C14H18BrN3O. The van der Waals surface area contributed by atoms with E-state index in [2.05, 4.69) is 39.3 Å². The monoisotopic (exact) mass is 323 g/mol. The van der Waals surface area contributed by atoms with Crippen molar-refractivity contribution in [3.05, 3.63) is 46.2 Å². The molecule has 0 fully saturated rings. The number of nitrogens with zero attached hydrogens (tertiary/aromatic N) is 2. The van der Waals surface area contributed by atoms with Gasteiger partial charge in [-0.25, -0.2) is 0 Å². The second-order valence-electron chi connectivity index (χ2n) is 4.27. The van der Waals surface area contributed by atoms with Gasteiger partial charge in [0.15, 0.2) is 0 Å². The SMILES string of the molecule is CCNC(c1cccc(OC)c1)c1c(Br)cnn1C. The van der Waals surface area contributed by atoms with Crippen LogP contribution < -0.4 is 10.1 Å². The van der Waals surface area contributed by atoms with Crippen molar-refractivity contribution in [2.45, 2.75) is 13.0 Å². The van der Waals surface area contributed by atoms with Crippen molar-refractivity contribution in [2.24, 2.45) is 7.05 Å². The first kappa shape index (κ1) is 14.1. The minimum atomic E-state index is 0.0852. The molecule has 1 N–H and O–H groups in total. The maximum absolute atomic E-state index is 5.30. The Balaban J connectivity index is 2.45. The highest BCUT2D eigenvalue weighted by Crippen LogP contribution is 2.29. The number of aryl methyl sites for hydroxylation is 1. The number of methoxy groups -OCH3 is 1. The first-order chi connectivity index (χ1) is 9.17. The van der Waals surface area contributed by atoms with Crippen molar-refractivity contribution < 1.29 is 4.74 Å². The average molecular weight is 324 g/mol. The third-order valence-corrected chi connectivity index (χ3v) is 3.66. The molecule has 0 bridgehead atoms. The highest BCUT2D eigenvalue weighted by atomic mass is 79.9. The quantitative estimate of drug-likeness (QED) is 0.919. The van der Waals surface area contributed by atoms with E-state index >= 15 is 0 Å². The summed E-state index contributed by atoms with van der Waals surface area (Å²) in [4.78, 5) is 0. The molecule has 1 atom stereocenters. The molecule has 0 amide bonds. The zero-order valence-corrected chi connectivity index (χ0v) is 12.9. The van der Waals surface area contributed by atoms with E-state index in [1.54, 1.807) is 7.11 Å². The summed E-state index contributed by atoms with van der Waals surface area (Å²) >= 11 is 3.57. The van der Waals surface area contributed by atoms with Crippen LogP contribution in [0.1, 0.15) is 24.2 Å². The van der Waals surface area contributed by atoms with Gasteiger partial charge >= 0.3 is 0 Å². The molecule has 2 rings (SSSR count). The van der Waals surface area contributed by atoms with Crippen LogP contribution in [0.5, 0.6) is 5.75 Å². The molecule has 0 aliphatic rings. The Bertz CT molecular complexity index is 534. The number of benzene rings is 1. The van der Waals surface area contributed by atoms with Crippen LogP contribution >= 0.6 is 15.9 Å². The molecule has 1 aromatic heterocycles. The second kappa shape index (κ2) is 6.21. The Morgan fingerprint density at radius 3 is 2.84 bits per heavy atom. The zero-order chi connectivity index (χ0) is 13.8. The maximum atomic E-state index is 5.30. The highest BCUT2D eigenvalue weighted by Gasteiger charge is 2.20. The molecule has 0 saturated carbocycles. The minimum absolute atomic E-state index is 0.0852. The van der Waals surface area contributed by atoms with Gasteiger partial charge in [0.05, 0.1) is 29.5 Å². The van der Waals surface area contributed by atoms with E-state index in [4.69, 9.17) is 4.74 Å². The first-order valence-corrected chi connectivity index (χ1v) is 7.01. The third-order valence-electron chi connectivity index (χ3n) is 3.05. The summed E-state index contributed by atoms with van der Waals surface area (Å²) in [6.45, 7) is 2.97. The largest absolute Gasteiger partial charge is 0.497 e. The fraction of sp³-hybridized carbons (Fsp3) is 0.357. The zero-order valence-electron chi connectivity index (χ0n) is 11.4. The van der Waals surface area contributed by atoms with Gasteiger partial charge in [-0.2, -0.15) is 5.10 Å². The van der Waals surface area contributed by atoms with E-state index in [9.17, 15) is 0 Å². The highest BCUT2D eigenvalue weighted by molar-refractivity contribution is 9.10. The Kier molecular flexibility index (Phi) is 4.61. The molecule has 0 saturated heterocycles. The summed E-state index contributed by atoms with van der Waals surface area (Å²) < 4.78 is 8.19. The number of hydrogen-bond acceptors (Lipinski definition) is 3. The van der Waals surface area contributed by atoms with E-state index in [-0.39, 0.29) is 6.04 Å². The molecule has 1 heterocycles. The molecule has 2 aromatic rings. The predicted molar refractivity (Wildman–Crippen MR) is 79.4 cm³/mol. The van der Waals surface area contributed by atoms with Crippen LogP contribution in [-0.2, 0) is 7.05 Å². The lowest BCUT2D eigenvalue weighted by Crippen LogP contribution is -2.24. The molecule has 1 unspecified atom stereocenters. The van der Waals surface area contributed by atoms with Crippen molar-refractivity contribution in [1.29, 1.82) is 0 Å². The van der Waals surface area contributed by atoms with Crippen LogP contribution in [-0.4, -0.2) is 23.4 Å². The van der Waals surface area contributed by atoms with Crippen LogP contribution in [0.2, 0.25) is 0 Å². The van der Waals surface area contributed by atoms with Gasteiger partial charge in [0.2, 0.25) is 0 Å². The summed E-state index contributed by atoms with van der Waals surface area (Å²) in [7, 11) is 3.63. The summed E-state index contributed by atoms with van der Waals surface area (Å²) in [5.41, 5.74) is 2.26. The summed E-state index contributed by atoms with van der Waals surface area (Å²) in [5.74, 6) is 0.860. The molecule has 19 heavy (non-hydrogen) atoms. The second-order valence-corrected chi connectivity index (χ2v) is 5.12. The predicted octanol–water partition coefficient (Wildman–Crippen LogP) is 2.89. The standard InChI is InChI=1S/C14H18BrN3O/c1-4-16-13(14-12(15)9-17-18(14)2)10-6-5-7-11(8-10)19-3/h5-9,13,16H,4H2,1-3H3. The molecule has 5 heteroatoms. The number of ether oxygens (including phenoxy) is 1. The van der Waals surface area contributed by atoms with E-state index in [0.29, 0.717) is 0 Å². The lowest BCUT2D eigenvalue weighted by Gasteiger charge is -2.20. The van der Waals surface area contributed by atoms with Crippen LogP contribution in [0.3, 0.4) is 0 Å². The topological polar surface area (TPSA) is 39.1 Å². The van der Waals surface area contributed by atoms with Gasteiger partial charge in [0.25, 0.3) is 0 Å². The lowest BCUT2D eigenvalue weighted by atomic mass is 10.0. The fourth-order valence-electron chi connectivity index (χ4n) is 2.14. The summed E-state index contributed by atoms with van der Waals surface area (Å²) in [6.07, 6.45) is 1.82. The van der Waals surface area contributed by atoms with Crippen LogP contribution in [0.4, 0.5) is 0 Å². The van der Waals surface area contributed by atoms with Crippen molar-refractivity contribution in [3.8, 4) is 5.75 Å². The summed E-state index contributed by atoms with van der Waals surface area (Å²) in [5, 5.41) is 7.77. The molecule has 4 nitrogen and oxygen atoms in total. The van der Waals surface area contributed by atoms with Crippen molar-refractivity contribution in [2.75, 3.05) is 13.7 Å². The Morgan fingerprint density at radius 2 is 2.26 bits per heavy atom. The van der Waals surface area contributed by atoms with Gasteiger partial charge in [-0.3, -0.25) is 4.68 Å². The lowest BCUT2D eigenvalue weighted by molar-refractivity contribution is 0.413. The van der Waals surface area contributed by atoms with E-state index in [0.717, 1.165) is 28.0 Å². The summed E-state index contributed by atoms with van der Waals surface area (Å²) in [6, 6.07) is 8.18. The van der Waals surface area contributed by atoms with Crippen LogP contribution in [0.25, 0.3) is 0 Å². The van der Waals surface area contributed by atoms with E-state index < -0.39 is 0 Å². The Morgan fingerprint density at radius 1 is 1.47 bits per heavy atom. The van der Waals surface area contributed by atoms with Gasteiger partial charge in [-0.05, 0) is 40.2 Å². The van der Waals surface area contributed by atoms with Gasteiger partial charge in [-0.15, -0.1) is 0 Å². The Hall–Kier alpha value is -1.33. The smallest absolute Gasteiger partial charge is 0.119 e. The van der Waals surface area contributed by atoms with Gasteiger partial charge in [0.1, 0.15) is 5.75 Å². The molecule has 102 valence electrons. The third kappa shape index (κ3) is 2.98. The minimum Gasteiger partial charge on any atom is -0.497 e. The molecule has 1 aromatic carbocycles. The normalized spacial score (nSPS) is 12.4. The van der Waals surface area contributed by atoms with Crippen molar-refractivity contribution in [1.82, 2.24) is 15.1 Å². The number of aromatic nitrogens is 2. The number of rotatable bonds is 5. The maximum Gasteiger partial charge on any atom is 0.119 e. The van der Waals surface area contributed by atoms with Gasteiger partial charge in [0, 0.05) is 7.05 Å². The molecular weight excluding hydrogens is 306 g/mol. The Labute approximate surface area is 121 Å². The van der Waals surface area contributed by atoms with Gasteiger partial charge in [-0.1, -0.05) is 19.1 Å². The number of nitrogens with one attached hydrogen (secondary N) is 1. The number of halogens is 1. The van der Waals surface area contributed by atoms with E-state index in [1.165, 1.54) is 0 Å². The van der Waals surface area contributed by atoms with Gasteiger partial charge < -0.3 is 10.1 Å². The molecule has 0 aliphatic carbocycles. The first-order valence-electron chi connectivity index (χ1n) is 6.22. The average Bonchev–Trinajstić information content (AvgIpc) is 2.76.